The lowest BCUT2D eigenvalue weighted by Gasteiger charge is -2.53. The third-order valence-corrected chi connectivity index (χ3v) is 8.42. The van der Waals surface area contributed by atoms with E-state index in [9.17, 15) is 0 Å². The Labute approximate surface area is 211 Å². The molecule has 0 saturated carbocycles. The van der Waals surface area contributed by atoms with Crippen LogP contribution in [0.25, 0.3) is 0 Å². The number of hydrogen-bond donors (Lipinski definition) is 0. The van der Waals surface area contributed by atoms with E-state index in [2.05, 4.69) is 70.8 Å². The summed E-state index contributed by atoms with van der Waals surface area (Å²) in [4.78, 5) is 2.56. The van der Waals surface area contributed by atoms with Crippen LogP contribution < -0.4 is 9.47 Å². The number of allylic oxidation sites excluding steroid dienone is 2. The average molecular weight is 483 g/mol. The molecule has 3 aromatic rings. The zero-order valence-electron chi connectivity index (χ0n) is 20.9. The Morgan fingerprint density at radius 3 is 2.72 bits per heavy atom. The zero-order chi connectivity index (χ0) is 24.4. The van der Waals surface area contributed by atoms with Crippen LogP contribution in [0.3, 0.4) is 0 Å². The number of aryl methyl sites for hydroxylation is 1. The van der Waals surface area contributed by atoms with E-state index in [-0.39, 0.29) is 17.6 Å². The second-order valence-corrected chi connectivity index (χ2v) is 10.3. The molecular formula is C29H30N4O3. The van der Waals surface area contributed by atoms with Crippen molar-refractivity contribution < 1.29 is 14.2 Å². The van der Waals surface area contributed by atoms with Crippen molar-refractivity contribution in [2.45, 2.75) is 50.4 Å². The van der Waals surface area contributed by atoms with E-state index < -0.39 is 0 Å². The van der Waals surface area contributed by atoms with Gasteiger partial charge in [0.25, 0.3) is 0 Å². The highest BCUT2D eigenvalue weighted by atomic mass is 16.6. The van der Waals surface area contributed by atoms with E-state index >= 15 is 0 Å². The van der Waals surface area contributed by atoms with Gasteiger partial charge in [-0.15, -0.1) is 5.10 Å². The Bertz CT molecular complexity index is 1410. The van der Waals surface area contributed by atoms with Crippen LogP contribution in [0.15, 0.2) is 66.1 Å². The molecule has 1 aromatic heterocycles. The van der Waals surface area contributed by atoms with E-state index in [1.807, 2.05) is 10.7 Å². The Morgan fingerprint density at radius 2 is 1.92 bits per heavy atom. The second-order valence-electron chi connectivity index (χ2n) is 10.3. The third-order valence-electron chi connectivity index (χ3n) is 8.42. The molecule has 2 aliphatic carbocycles. The summed E-state index contributed by atoms with van der Waals surface area (Å²) in [6.07, 6.45) is 8.23. The predicted molar refractivity (Wildman–Crippen MR) is 135 cm³/mol. The molecule has 1 spiro atoms. The topological polar surface area (TPSA) is 61.6 Å². The zero-order valence-corrected chi connectivity index (χ0v) is 20.9. The quantitative estimate of drug-likeness (QED) is 0.530. The molecule has 3 atom stereocenters. The van der Waals surface area contributed by atoms with Crippen LogP contribution >= 0.6 is 0 Å². The Hall–Kier alpha value is -3.58. The highest BCUT2D eigenvalue weighted by Crippen LogP contribution is 2.62. The highest BCUT2D eigenvalue weighted by molar-refractivity contribution is 5.67. The van der Waals surface area contributed by atoms with Crippen LogP contribution in [0.2, 0.25) is 0 Å². The fourth-order valence-electron chi connectivity index (χ4n) is 6.77. The number of ether oxygens (including phenoxy) is 3. The lowest BCUT2D eigenvalue weighted by atomic mass is 9.57. The maximum absolute atomic E-state index is 6.62. The SMILES string of the molecule is COC1=CC=C2C3Cc4ccc(OC)c5c4C2(CCN3Cc2cn(Cc3ccc(C)cc3)nn2)C1O5. The number of likely N-dealkylation sites (tertiary alicyclic amines) is 1. The summed E-state index contributed by atoms with van der Waals surface area (Å²) < 4.78 is 20.1. The molecule has 7 heteroatoms. The van der Waals surface area contributed by atoms with Gasteiger partial charge in [-0.05, 0) is 48.6 Å². The third kappa shape index (κ3) is 3.02. The van der Waals surface area contributed by atoms with E-state index in [0.717, 1.165) is 55.4 Å². The van der Waals surface area contributed by atoms with E-state index in [1.54, 1.807) is 14.2 Å². The van der Waals surface area contributed by atoms with Gasteiger partial charge in [0.05, 0.1) is 38.1 Å². The first-order valence-electron chi connectivity index (χ1n) is 12.6. The van der Waals surface area contributed by atoms with Crippen molar-refractivity contribution >= 4 is 0 Å². The standard InChI is InChI=1S/C29H30N4O3/c1-18-4-6-19(7-5-18)15-33-17-21(30-31-33)16-32-13-12-29-22-9-11-25(35-3)28(29)36-27-24(34-2)10-8-20(26(27)29)14-23(22)32/h4-11,17,23,28H,12-16H2,1-3H3. The summed E-state index contributed by atoms with van der Waals surface area (Å²) in [6, 6.07) is 13.1. The average Bonchev–Trinajstić information content (AvgIpc) is 3.48. The van der Waals surface area contributed by atoms with Gasteiger partial charge in [0.1, 0.15) is 5.76 Å². The van der Waals surface area contributed by atoms with Crippen molar-refractivity contribution in [2.24, 2.45) is 0 Å². The second kappa shape index (κ2) is 7.96. The number of piperidine rings is 1. The van der Waals surface area contributed by atoms with E-state index in [4.69, 9.17) is 14.2 Å². The maximum atomic E-state index is 6.62. The lowest BCUT2D eigenvalue weighted by Crippen LogP contribution is -2.59. The minimum Gasteiger partial charge on any atom is -0.497 e. The number of nitrogens with zero attached hydrogens (tertiary/aromatic N) is 4. The largest absolute Gasteiger partial charge is 0.497 e. The number of methoxy groups -OCH3 is 2. The molecule has 4 aliphatic rings. The summed E-state index contributed by atoms with van der Waals surface area (Å²) in [6.45, 7) is 4.57. The fourth-order valence-corrected chi connectivity index (χ4v) is 6.77. The van der Waals surface area contributed by atoms with Crippen LogP contribution in [-0.4, -0.2) is 52.8 Å². The molecule has 1 saturated heterocycles. The summed E-state index contributed by atoms with van der Waals surface area (Å²) in [5, 5.41) is 8.95. The van der Waals surface area contributed by atoms with Crippen LogP contribution in [0.1, 0.15) is 34.4 Å². The van der Waals surface area contributed by atoms with Crippen LogP contribution in [0.5, 0.6) is 11.5 Å². The monoisotopic (exact) mass is 482 g/mol. The molecule has 36 heavy (non-hydrogen) atoms. The lowest BCUT2D eigenvalue weighted by molar-refractivity contribution is 0.0608. The normalized spacial score (nSPS) is 25.5. The van der Waals surface area contributed by atoms with Crippen LogP contribution in [0.4, 0.5) is 0 Å². The molecule has 1 fully saturated rings. The van der Waals surface area contributed by atoms with Gasteiger partial charge in [-0.2, -0.15) is 0 Å². The van der Waals surface area contributed by atoms with Crippen molar-refractivity contribution in [1.82, 2.24) is 19.9 Å². The molecule has 0 radical (unpaired) electrons. The predicted octanol–water partition coefficient (Wildman–Crippen LogP) is 3.94. The Balaban J connectivity index is 1.21. The molecule has 2 aromatic carbocycles. The van der Waals surface area contributed by atoms with E-state index in [1.165, 1.54) is 27.8 Å². The minimum atomic E-state index is -0.193. The summed E-state index contributed by atoms with van der Waals surface area (Å²) in [7, 11) is 3.45. The van der Waals surface area contributed by atoms with Gasteiger partial charge in [0, 0.05) is 24.7 Å². The molecular weight excluding hydrogens is 452 g/mol. The number of rotatable bonds is 6. The van der Waals surface area contributed by atoms with E-state index in [0.29, 0.717) is 0 Å². The van der Waals surface area contributed by atoms with Gasteiger partial charge in [0.15, 0.2) is 17.6 Å². The van der Waals surface area contributed by atoms with Crippen molar-refractivity contribution in [3.63, 3.8) is 0 Å². The van der Waals surface area contributed by atoms with Crippen molar-refractivity contribution in [1.29, 1.82) is 0 Å². The van der Waals surface area contributed by atoms with Gasteiger partial charge >= 0.3 is 0 Å². The first-order valence-corrected chi connectivity index (χ1v) is 12.6. The van der Waals surface area contributed by atoms with Crippen molar-refractivity contribution in [3.05, 3.63) is 94.0 Å². The maximum Gasteiger partial charge on any atom is 0.169 e. The molecule has 2 bridgehead atoms. The van der Waals surface area contributed by atoms with Crippen molar-refractivity contribution in [2.75, 3.05) is 20.8 Å². The molecule has 3 unspecified atom stereocenters. The van der Waals surface area contributed by atoms with Crippen LogP contribution in [-0.2, 0) is 29.7 Å². The van der Waals surface area contributed by atoms with Gasteiger partial charge in [-0.25, -0.2) is 4.68 Å². The molecule has 0 amide bonds. The molecule has 2 aliphatic heterocycles. The Kier molecular flexibility index (Phi) is 4.80. The molecule has 184 valence electrons. The number of aromatic nitrogens is 3. The van der Waals surface area contributed by atoms with Gasteiger partial charge in [-0.3, -0.25) is 4.90 Å². The number of hydrogen-bond acceptors (Lipinski definition) is 6. The fraction of sp³-hybridized carbons (Fsp3) is 0.379. The van der Waals surface area contributed by atoms with Gasteiger partial charge in [0.2, 0.25) is 0 Å². The first-order chi connectivity index (χ1) is 17.6. The smallest absolute Gasteiger partial charge is 0.169 e. The van der Waals surface area contributed by atoms with Gasteiger partial charge < -0.3 is 14.2 Å². The Morgan fingerprint density at radius 1 is 1.06 bits per heavy atom. The molecule has 7 nitrogen and oxygen atoms in total. The van der Waals surface area contributed by atoms with Gasteiger partial charge in [-0.1, -0.05) is 47.2 Å². The summed E-state index contributed by atoms with van der Waals surface area (Å²) in [5.41, 5.74) is 7.38. The molecule has 0 N–H and O–H groups in total. The molecule has 3 heterocycles. The minimum absolute atomic E-state index is 0.145. The van der Waals surface area contributed by atoms with Crippen molar-refractivity contribution in [3.8, 4) is 11.5 Å². The number of benzene rings is 2. The first kappa shape index (κ1) is 21.7. The highest BCUT2D eigenvalue weighted by Gasteiger charge is 2.62. The van der Waals surface area contributed by atoms with Crippen LogP contribution in [0, 0.1) is 6.92 Å². The summed E-state index contributed by atoms with van der Waals surface area (Å²) >= 11 is 0. The summed E-state index contributed by atoms with van der Waals surface area (Å²) in [5.74, 6) is 2.58. The molecule has 7 rings (SSSR count).